The lowest BCUT2D eigenvalue weighted by molar-refractivity contribution is -0.384. The Hall–Kier alpha value is -3.30. The van der Waals surface area contributed by atoms with E-state index < -0.39 is 4.92 Å². The Morgan fingerprint density at radius 2 is 1.97 bits per heavy atom. The zero-order valence-corrected chi connectivity index (χ0v) is 18.9. The van der Waals surface area contributed by atoms with E-state index in [1.54, 1.807) is 27.8 Å². The number of nitro groups is 1. The Bertz CT molecular complexity index is 1220. The van der Waals surface area contributed by atoms with Gasteiger partial charge >= 0.3 is 0 Å². The van der Waals surface area contributed by atoms with Crippen molar-refractivity contribution in [3.8, 4) is 16.9 Å². The zero-order valence-electron chi connectivity index (χ0n) is 17.3. The highest BCUT2D eigenvalue weighted by Crippen LogP contribution is 2.35. The maximum absolute atomic E-state index is 12.9. The van der Waals surface area contributed by atoms with Crippen LogP contribution in [0.2, 0.25) is 0 Å². The summed E-state index contributed by atoms with van der Waals surface area (Å²) in [6, 6.07) is 15.9. The van der Waals surface area contributed by atoms with Crippen LogP contribution in [0.1, 0.15) is 25.3 Å². The second kappa shape index (κ2) is 9.46. The van der Waals surface area contributed by atoms with Crippen LogP contribution in [-0.4, -0.2) is 36.4 Å². The zero-order chi connectivity index (χ0) is 22.7. The molecule has 1 fully saturated rings. The van der Waals surface area contributed by atoms with Gasteiger partial charge in [0.15, 0.2) is 0 Å². The van der Waals surface area contributed by atoms with Crippen LogP contribution < -0.4 is 0 Å². The van der Waals surface area contributed by atoms with E-state index in [1.807, 2.05) is 36.5 Å². The third-order valence-corrected chi connectivity index (χ3v) is 6.37. The Kier molecular flexibility index (Phi) is 6.48. The number of unbranched alkanes of at least 4 members (excludes halogenated alkanes) is 1. The van der Waals surface area contributed by atoms with Crippen molar-refractivity contribution in [3.63, 3.8) is 0 Å². The molecule has 2 heterocycles. The summed E-state index contributed by atoms with van der Waals surface area (Å²) in [7, 11) is 0. The van der Waals surface area contributed by atoms with Gasteiger partial charge in [0, 0.05) is 36.0 Å². The Morgan fingerprint density at radius 3 is 2.69 bits per heavy atom. The molecule has 1 aliphatic rings. The normalized spacial score (nSPS) is 15.0. The number of carbonyl (C=O) groups excluding carboxylic acids is 1. The fourth-order valence-electron chi connectivity index (χ4n) is 3.35. The van der Waals surface area contributed by atoms with Crippen molar-refractivity contribution in [1.82, 2.24) is 14.7 Å². The van der Waals surface area contributed by atoms with Crippen molar-refractivity contribution in [3.05, 3.63) is 81.4 Å². The Balaban J connectivity index is 1.79. The molecule has 32 heavy (non-hydrogen) atoms. The standard InChI is InChI=1S/C23H20N4O3S2/c1-2-3-12-25-22(28)20(32-23(25)31)14-17-15-26(18-9-5-4-6-10-18)24-21(17)16-8-7-11-19(13-16)27(29)30/h4-11,13-15H,2-3,12H2,1H3/b20-14-. The van der Waals surface area contributed by atoms with Crippen LogP contribution in [0.4, 0.5) is 5.69 Å². The molecule has 0 spiro atoms. The molecule has 162 valence electrons. The number of aromatic nitrogens is 2. The number of amides is 1. The second-order valence-electron chi connectivity index (χ2n) is 7.21. The van der Waals surface area contributed by atoms with Gasteiger partial charge in [-0.25, -0.2) is 4.68 Å². The summed E-state index contributed by atoms with van der Waals surface area (Å²) in [5.41, 5.74) is 2.66. The van der Waals surface area contributed by atoms with E-state index in [9.17, 15) is 14.9 Å². The highest BCUT2D eigenvalue weighted by molar-refractivity contribution is 8.26. The average Bonchev–Trinajstić information content (AvgIpc) is 3.34. The average molecular weight is 465 g/mol. The molecular weight excluding hydrogens is 444 g/mol. The van der Waals surface area contributed by atoms with Gasteiger partial charge in [-0.15, -0.1) is 0 Å². The predicted molar refractivity (Wildman–Crippen MR) is 130 cm³/mol. The number of benzene rings is 2. The summed E-state index contributed by atoms with van der Waals surface area (Å²) < 4.78 is 2.25. The predicted octanol–water partition coefficient (Wildman–Crippen LogP) is 5.45. The first-order valence-electron chi connectivity index (χ1n) is 10.1. The van der Waals surface area contributed by atoms with Crippen LogP contribution in [0.15, 0.2) is 65.7 Å². The number of non-ortho nitro benzene ring substituents is 1. The molecule has 1 aromatic heterocycles. The molecule has 3 aromatic rings. The van der Waals surface area contributed by atoms with Crippen LogP contribution in [-0.2, 0) is 4.79 Å². The largest absolute Gasteiger partial charge is 0.293 e. The number of rotatable bonds is 7. The number of thiocarbonyl (C=S) groups is 1. The summed E-state index contributed by atoms with van der Waals surface area (Å²) in [6.07, 6.45) is 5.44. The summed E-state index contributed by atoms with van der Waals surface area (Å²) in [6.45, 7) is 2.66. The number of carbonyl (C=O) groups is 1. The van der Waals surface area contributed by atoms with Crippen molar-refractivity contribution in [2.45, 2.75) is 19.8 Å². The number of nitro benzene ring substituents is 1. The molecular formula is C23H20N4O3S2. The van der Waals surface area contributed by atoms with Gasteiger partial charge in [0.25, 0.3) is 11.6 Å². The molecule has 1 amide bonds. The van der Waals surface area contributed by atoms with E-state index in [1.165, 1.54) is 23.9 Å². The highest BCUT2D eigenvalue weighted by Gasteiger charge is 2.32. The van der Waals surface area contributed by atoms with E-state index in [-0.39, 0.29) is 11.6 Å². The lowest BCUT2D eigenvalue weighted by Gasteiger charge is -2.12. The fourth-order valence-corrected chi connectivity index (χ4v) is 4.65. The number of para-hydroxylation sites is 1. The van der Waals surface area contributed by atoms with Gasteiger partial charge in [-0.05, 0) is 24.6 Å². The van der Waals surface area contributed by atoms with Gasteiger partial charge in [0.2, 0.25) is 0 Å². The van der Waals surface area contributed by atoms with Crippen LogP contribution in [0, 0.1) is 10.1 Å². The van der Waals surface area contributed by atoms with E-state index in [4.69, 9.17) is 12.2 Å². The molecule has 0 aliphatic carbocycles. The number of hydrogen-bond donors (Lipinski definition) is 0. The van der Waals surface area contributed by atoms with E-state index in [0.29, 0.717) is 32.6 Å². The lowest BCUT2D eigenvalue weighted by atomic mass is 10.1. The van der Waals surface area contributed by atoms with Gasteiger partial charge in [-0.2, -0.15) is 5.10 Å². The van der Waals surface area contributed by atoms with Crippen LogP contribution in [0.25, 0.3) is 23.0 Å². The lowest BCUT2D eigenvalue weighted by Crippen LogP contribution is -2.28. The summed E-state index contributed by atoms with van der Waals surface area (Å²) in [5.74, 6) is -0.120. The SMILES string of the molecule is CCCCN1C(=O)/C(=C/c2cn(-c3ccccc3)nc2-c2cccc([N+](=O)[O-])c2)SC1=S. The molecule has 0 saturated carbocycles. The van der Waals surface area contributed by atoms with Crippen LogP contribution in [0.3, 0.4) is 0 Å². The quantitative estimate of drug-likeness (QED) is 0.200. The van der Waals surface area contributed by atoms with Crippen molar-refractivity contribution >= 4 is 46.0 Å². The topological polar surface area (TPSA) is 81.3 Å². The van der Waals surface area contributed by atoms with Crippen molar-refractivity contribution < 1.29 is 9.72 Å². The van der Waals surface area contributed by atoms with Crippen molar-refractivity contribution in [2.75, 3.05) is 6.54 Å². The molecule has 2 aromatic carbocycles. The molecule has 0 N–H and O–H groups in total. The maximum atomic E-state index is 12.9. The first-order chi connectivity index (χ1) is 15.5. The minimum atomic E-state index is -0.434. The van der Waals surface area contributed by atoms with E-state index >= 15 is 0 Å². The van der Waals surface area contributed by atoms with Gasteiger partial charge in [-0.1, -0.05) is 67.7 Å². The highest BCUT2D eigenvalue weighted by atomic mass is 32.2. The maximum Gasteiger partial charge on any atom is 0.270 e. The number of nitrogens with zero attached hydrogens (tertiary/aromatic N) is 4. The first kappa shape index (κ1) is 21.9. The summed E-state index contributed by atoms with van der Waals surface area (Å²) in [5, 5.41) is 16.0. The van der Waals surface area contributed by atoms with Gasteiger partial charge in [-0.3, -0.25) is 19.8 Å². The second-order valence-corrected chi connectivity index (χ2v) is 8.88. The van der Waals surface area contributed by atoms with Crippen LogP contribution in [0.5, 0.6) is 0 Å². The third kappa shape index (κ3) is 4.49. The molecule has 0 radical (unpaired) electrons. The molecule has 1 saturated heterocycles. The van der Waals surface area contributed by atoms with Gasteiger partial charge < -0.3 is 0 Å². The van der Waals surface area contributed by atoms with Crippen LogP contribution >= 0.6 is 24.0 Å². The first-order valence-corrected chi connectivity index (χ1v) is 11.4. The number of hydrogen-bond acceptors (Lipinski definition) is 6. The number of thioether (sulfide) groups is 1. The monoisotopic (exact) mass is 464 g/mol. The smallest absolute Gasteiger partial charge is 0.270 e. The summed E-state index contributed by atoms with van der Waals surface area (Å²) in [4.78, 5) is 25.9. The molecule has 7 nitrogen and oxygen atoms in total. The Labute approximate surface area is 194 Å². The molecule has 0 atom stereocenters. The van der Waals surface area contributed by atoms with Crippen molar-refractivity contribution in [1.29, 1.82) is 0 Å². The van der Waals surface area contributed by atoms with Gasteiger partial charge in [0.1, 0.15) is 10.0 Å². The fraction of sp³-hybridized carbons (Fsp3) is 0.174. The molecule has 9 heteroatoms. The van der Waals surface area contributed by atoms with E-state index in [2.05, 4.69) is 12.0 Å². The van der Waals surface area contributed by atoms with E-state index in [0.717, 1.165) is 18.5 Å². The molecule has 0 bridgehead atoms. The molecule has 1 aliphatic heterocycles. The minimum absolute atomic E-state index is 0.0198. The van der Waals surface area contributed by atoms with Crippen molar-refractivity contribution in [2.24, 2.45) is 0 Å². The summed E-state index contributed by atoms with van der Waals surface area (Å²) >= 11 is 6.68. The molecule has 0 unspecified atom stereocenters. The Morgan fingerprint density at radius 1 is 1.19 bits per heavy atom. The third-order valence-electron chi connectivity index (χ3n) is 4.99. The molecule has 4 rings (SSSR count). The van der Waals surface area contributed by atoms with Gasteiger partial charge in [0.05, 0.1) is 15.5 Å². The minimum Gasteiger partial charge on any atom is -0.293 e.